The second-order valence-electron chi connectivity index (χ2n) is 3.39. The summed E-state index contributed by atoms with van der Waals surface area (Å²) in [5, 5.41) is 11.9. The number of aliphatic carboxylic acids is 1. The number of piperazine rings is 1. The Labute approximate surface area is 72.6 Å². The Morgan fingerprint density at radius 1 is 1.75 bits per heavy atom. The molecule has 0 aromatic carbocycles. The first-order chi connectivity index (χ1) is 5.61. The maximum atomic E-state index is 10.5. The summed E-state index contributed by atoms with van der Waals surface area (Å²) in [4.78, 5) is 12.6. The first-order valence-electron chi connectivity index (χ1n) is 4.26. The largest absolute Gasteiger partial charge is 0.481 e. The molecule has 0 aliphatic carbocycles. The molecule has 2 N–H and O–H groups in total. The van der Waals surface area contributed by atoms with E-state index in [-0.39, 0.29) is 18.5 Å². The molecule has 0 radical (unpaired) electrons. The van der Waals surface area contributed by atoms with Crippen molar-refractivity contribution in [3.63, 3.8) is 0 Å². The van der Waals surface area contributed by atoms with Crippen LogP contribution in [-0.4, -0.2) is 48.2 Å². The van der Waals surface area contributed by atoms with Crippen LogP contribution in [0.25, 0.3) is 0 Å². The third-order valence-corrected chi connectivity index (χ3v) is 2.46. The summed E-state index contributed by atoms with van der Waals surface area (Å²) in [7, 11) is 1.98. The maximum Gasteiger partial charge on any atom is 0.304 e. The van der Waals surface area contributed by atoms with Gasteiger partial charge in [0.1, 0.15) is 0 Å². The van der Waals surface area contributed by atoms with E-state index in [1.165, 1.54) is 0 Å². The average molecular weight is 172 g/mol. The lowest BCUT2D eigenvalue weighted by molar-refractivity contribution is -0.138. The van der Waals surface area contributed by atoms with Gasteiger partial charge in [-0.05, 0) is 14.0 Å². The van der Waals surface area contributed by atoms with Crippen molar-refractivity contribution in [2.45, 2.75) is 25.4 Å². The third kappa shape index (κ3) is 2.19. The number of hydrogen-bond donors (Lipinski definition) is 2. The Bertz CT molecular complexity index is 162. The summed E-state index contributed by atoms with van der Waals surface area (Å²) in [6.07, 6.45) is 0.227. The number of carboxylic acid groups (broad SMARTS) is 1. The number of hydrogen-bond acceptors (Lipinski definition) is 3. The van der Waals surface area contributed by atoms with Crippen molar-refractivity contribution in [2.75, 3.05) is 20.1 Å². The van der Waals surface area contributed by atoms with Gasteiger partial charge in [-0.15, -0.1) is 0 Å². The van der Waals surface area contributed by atoms with Crippen LogP contribution in [0.3, 0.4) is 0 Å². The first kappa shape index (κ1) is 9.48. The molecule has 1 rings (SSSR count). The van der Waals surface area contributed by atoms with Crippen molar-refractivity contribution >= 4 is 5.97 Å². The minimum Gasteiger partial charge on any atom is -0.481 e. The smallest absolute Gasteiger partial charge is 0.304 e. The van der Waals surface area contributed by atoms with Crippen molar-refractivity contribution in [3.8, 4) is 0 Å². The van der Waals surface area contributed by atoms with Gasteiger partial charge in [0, 0.05) is 25.2 Å². The first-order valence-corrected chi connectivity index (χ1v) is 4.26. The van der Waals surface area contributed by atoms with Gasteiger partial charge in [0.15, 0.2) is 0 Å². The summed E-state index contributed by atoms with van der Waals surface area (Å²) in [6.45, 7) is 3.92. The van der Waals surface area contributed by atoms with Gasteiger partial charge in [-0.2, -0.15) is 0 Å². The molecule has 4 heteroatoms. The molecule has 1 heterocycles. The van der Waals surface area contributed by atoms with Crippen molar-refractivity contribution in [1.82, 2.24) is 10.2 Å². The second-order valence-corrected chi connectivity index (χ2v) is 3.39. The molecule has 2 atom stereocenters. The van der Waals surface area contributed by atoms with Gasteiger partial charge in [-0.1, -0.05) is 0 Å². The summed E-state index contributed by atoms with van der Waals surface area (Å²) >= 11 is 0. The quantitative estimate of drug-likeness (QED) is 0.603. The van der Waals surface area contributed by atoms with Crippen LogP contribution in [0.2, 0.25) is 0 Å². The molecule has 1 aliphatic heterocycles. The molecule has 1 saturated heterocycles. The van der Waals surface area contributed by atoms with Crippen molar-refractivity contribution < 1.29 is 9.90 Å². The van der Waals surface area contributed by atoms with E-state index in [4.69, 9.17) is 5.11 Å². The van der Waals surface area contributed by atoms with Crippen molar-refractivity contribution in [1.29, 1.82) is 0 Å². The maximum absolute atomic E-state index is 10.5. The molecule has 0 spiro atoms. The van der Waals surface area contributed by atoms with Crippen LogP contribution in [0, 0.1) is 0 Å². The van der Waals surface area contributed by atoms with Crippen LogP contribution in [0.1, 0.15) is 13.3 Å². The van der Waals surface area contributed by atoms with Crippen LogP contribution < -0.4 is 5.32 Å². The molecule has 1 fully saturated rings. The monoisotopic (exact) mass is 172 g/mol. The number of nitrogens with one attached hydrogen (secondary N) is 1. The molecular weight excluding hydrogens is 156 g/mol. The minimum atomic E-state index is -0.720. The van der Waals surface area contributed by atoms with Gasteiger partial charge in [0.05, 0.1) is 6.42 Å². The molecule has 70 valence electrons. The molecule has 0 unspecified atom stereocenters. The lowest BCUT2D eigenvalue weighted by atomic mass is 10.0. The third-order valence-electron chi connectivity index (χ3n) is 2.46. The standard InChI is InChI=1S/C8H16N2O2/c1-6-7(5-8(11)12)10(2)4-3-9-6/h6-7,9H,3-5H2,1-2H3,(H,11,12)/t6-,7-/m0/s1. The van der Waals surface area contributed by atoms with E-state index in [0.717, 1.165) is 13.1 Å². The van der Waals surface area contributed by atoms with E-state index in [9.17, 15) is 4.79 Å². The number of rotatable bonds is 2. The van der Waals surface area contributed by atoms with Crippen LogP contribution >= 0.6 is 0 Å². The van der Waals surface area contributed by atoms with Crippen LogP contribution in [0.4, 0.5) is 0 Å². The Kier molecular flexibility index (Phi) is 3.05. The van der Waals surface area contributed by atoms with E-state index in [1.807, 2.05) is 14.0 Å². The predicted molar refractivity (Wildman–Crippen MR) is 46.1 cm³/mol. The summed E-state index contributed by atoms with van der Waals surface area (Å²) in [6, 6.07) is 0.413. The molecule has 4 nitrogen and oxygen atoms in total. The van der Waals surface area contributed by atoms with Crippen LogP contribution in [0.5, 0.6) is 0 Å². The fourth-order valence-corrected chi connectivity index (χ4v) is 1.66. The van der Waals surface area contributed by atoms with E-state index >= 15 is 0 Å². The topological polar surface area (TPSA) is 52.6 Å². The van der Waals surface area contributed by atoms with E-state index in [2.05, 4.69) is 10.2 Å². The highest BCUT2D eigenvalue weighted by molar-refractivity contribution is 5.67. The van der Waals surface area contributed by atoms with Crippen LogP contribution in [0.15, 0.2) is 0 Å². The molecule has 1 aliphatic rings. The lowest BCUT2D eigenvalue weighted by Crippen LogP contribution is -2.55. The number of carbonyl (C=O) groups is 1. The Balaban J connectivity index is 2.50. The van der Waals surface area contributed by atoms with Gasteiger partial charge in [0.25, 0.3) is 0 Å². The molecule has 0 aromatic heterocycles. The summed E-state index contributed by atoms with van der Waals surface area (Å²) in [5.74, 6) is -0.720. The lowest BCUT2D eigenvalue weighted by Gasteiger charge is -2.37. The zero-order chi connectivity index (χ0) is 9.14. The van der Waals surface area contributed by atoms with Crippen LogP contribution in [-0.2, 0) is 4.79 Å². The SMILES string of the molecule is C[C@@H]1NCCN(C)[C@H]1CC(=O)O. The summed E-state index contributed by atoms with van der Waals surface area (Å²) < 4.78 is 0. The normalized spacial score (nSPS) is 31.8. The van der Waals surface area contributed by atoms with Gasteiger partial charge in [0.2, 0.25) is 0 Å². The molecule has 0 saturated carbocycles. The van der Waals surface area contributed by atoms with E-state index in [0.29, 0.717) is 0 Å². The van der Waals surface area contributed by atoms with E-state index < -0.39 is 5.97 Å². The Hall–Kier alpha value is -0.610. The highest BCUT2D eigenvalue weighted by atomic mass is 16.4. The number of likely N-dealkylation sites (N-methyl/N-ethyl adjacent to an activating group) is 1. The predicted octanol–water partition coefficient (Wildman–Crippen LogP) is -0.247. The molecular formula is C8H16N2O2. The molecule has 0 aromatic rings. The summed E-state index contributed by atoms with van der Waals surface area (Å²) in [5.41, 5.74) is 0. The second kappa shape index (κ2) is 3.87. The Morgan fingerprint density at radius 2 is 2.42 bits per heavy atom. The van der Waals surface area contributed by atoms with Crippen molar-refractivity contribution in [3.05, 3.63) is 0 Å². The molecule has 0 amide bonds. The number of nitrogens with zero attached hydrogens (tertiary/aromatic N) is 1. The zero-order valence-electron chi connectivity index (χ0n) is 7.58. The fraction of sp³-hybridized carbons (Fsp3) is 0.875. The highest BCUT2D eigenvalue weighted by Crippen LogP contribution is 2.10. The molecule has 0 bridgehead atoms. The Morgan fingerprint density at radius 3 is 2.92 bits per heavy atom. The van der Waals surface area contributed by atoms with Gasteiger partial charge in [-0.3, -0.25) is 4.79 Å². The average Bonchev–Trinajstić information content (AvgIpc) is 1.97. The van der Waals surface area contributed by atoms with Crippen molar-refractivity contribution in [2.24, 2.45) is 0 Å². The van der Waals surface area contributed by atoms with Gasteiger partial charge in [-0.25, -0.2) is 0 Å². The number of carboxylic acids is 1. The highest BCUT2D eigenvalue weighted by Gasteiger charge is 2.27. The zero-order valence-corrected chi connectivity index (χ0v) is 7.58. The van der Waals surface area contributed by atoms with E-state index in [1.54, 1.807) is 0 Å². The van der Waals surface area contributed by atoms with Gasteiger partial charge < -0.3 is 15.3 Å². The van der Waals surface area contributed by atoms with Gasteiger partial charge >= 0.3 is 5.97 Å². The molecule has 12 heavy (non-hydrogen) atoms. The minimum absolute atomic E-state index is 0.135. The fourth-order valence-electron chi connectivity index (χ4n) is 1.66.